The van der Waals surface area contributed by atoms with Gasteiger partial charge in [0.25, 0.3) is 0 Å². The first-order valence-corrected chi connectivity index (χ1v) is 6.55. The predicted octanol–water partition coefficient (Wildman–Crippen LogP) is 3.24. The van der Waals surface area contributed by atoms with Crippen LogP contribution in [0.4, 0.5) is 0 Å². The molecule has 0 aliphatic heterocycles. The Morgan fingerprint density at radius 1 is 1.42 bits per heavy atom. The van der Waals surface area contributed by atoms with Gasteiger partial charge in [-0.3, -0.25) is 4.79 Å². The van der Waals surface area contributed by atoms with Gasteiger partial charge in [-0.1, -0.05) is 23.2 Å². The second kappa shape index (κ2) is 6.42. The minimum absolute atomic E-state index is 0.110. The maximum absolute atomic E-state index is 12.0. The first-order chi connectivity index (χ1) is 8.77. The van der Waals surface area contributed by atoms with Crippen molar-refractivity contribution in [3.63, 3.8) is 0 Å². The topological polar surface area (TPSA) is 40.5 Å². The van der Waals surface area contributed by atoms with Crippen LogP contribution >= 0.6 is 23.2 Å². The predicted molar refractivity (Wildman–Crippen MR) is 79.4 cm³/mol. The molecule has 19 heavy (non-hydrogen) atoms. The SMILES string of the molecule is CN(C(=O)/C=C/c1cc(Cl)ccc1Cl)C(C)(C)CO. The van der Waals surface area contributed by atoms with E-state index >= 15 is 0 Å². The molecule has 1 aromatic rings. The van der Waals surface area contributed by atoms with Crippen molar-refractivity contribution in [1.29, 1.82) is 0 Å². The number of rotatable bonds is 4. The lowest BCUT2D eigenvalue weighted by Gasteiger charge is -2.33. The van der Waals surface area contributed by atoms with Crippen LogP contribution in [-0.2, 0) is 4.79 Å². The van der Waals surface area contributed by atoms with Crippen LogP contribution in [-0.4, -0.2) is 35.1 Å². The Morgan fingerprint density at radius 3 is 2.63 bits per heavy atom. The molecule has 0 heterocycles. The number of aliphatic hydroxyl groups is 1. The lowest BCUT2D eigenvalue weighted by molar-refractivity contribution is -0.130. The van der Waals surface area contributed by atoms with Crippen LogP contribution in [0.1, 0.15) is 19.4 Å². The van der Waals surface area contributed by atoms with E-state index in [0.29, 0.717) is 15.6 Å². The standard InChI is InChI=1S/C14H17Cl2NO2/c1-14(2,9-18)17(3)13(19)7-4-10-8-11(15)5-6-12(10)16/h4-8,18H,9H2,1-3H3/b7-4+. The summed E-state index contributed by atoms with van der Waals surface area (Å²) in [7, 11) is 1.64. The number of hydrogen-bond donors (Lipinski definition) is 1. The lowest BCUT2D eigenvalue weighted by atomic mass is 10.1. The van der Waals surface area contributed by atoms with Gasteiger partial charge in [0.2, 0.25) is 5.91 Å². The summed E-state index contributed by atoms with van der Waals surface area (Å²) in [6, 6.07) is 5.05. The van der Waals surface area contributed by atoms with E-state index in [4.69, 9.17) is 23.2 Å². The normalized spacial score (nSPS) is 11.9. The second-order valence-electron chi connectivity index (χ2n) is 4.87. The number of aliphatic hydroxyl groups excluding tert-OH is 1. The number of carbonyl (C=O) groups excluding carboxylic acids is 1. The minimum Gasteiger partial charge on any atom is -0.394 e. The summed E-state index contributed by atoms with van der Waals surface area (Å²) < 4.78 is 0. The number of carbonyl (C=O) groups is 1. The Bertz CT molecular complexity index is 498. The molecule has 3 nitrogen and oxygen atoms in total. The molecule has 0 radical (unpaired) electrons. The molecule has 1 N–H and O–H groups in total. The molecule has 104 valence electrons. The van der Waals surface area contributed by atoms with E-state index in [1.807, 2.05) is 0 Å². The highest BCUT2D eigenvalue weighted by Crippen LogP contribution is 2.22. The van der Waals surface area contributed by atoms with Gasteiger partial charge in [0.1, 0.15) is 0 Å². The highest BCUT2D eigenvalue weighted by Gasteiger charge is 2.25. The Labute approximate surface area is 123 Å². The zero-order chi connectivity index (χ0) is 14.6. The molecule has 0 aromatic heterocycles. The molecular formula is C14H17Cl2NO2. The Balaban J connectivity index is 2.87. The maximum Gasteiger partial charge on any atom is 0.246 e. The molecule has 0 aliphatic rings. The van der Waals surface area contributed by atoms with E-state index in [9.17, 15) is 9.90 Å². The lowest BCUT2D eigenvalue weighted by Crippen LogP contribution is -2.47. The Morgan fingerprint density at radius 2 is 2.05 bits per heavy atom. The van der Waals surface area contributed by atoms with E-state index in [1.165, 1.54) is 11.0 Å². The van der Waals surface area contributed by atoms with Gasteiger partial charge in [0.15, 0.2) is 0 Å². The van der Waals surface area contributed by atoms with Crippen molar-refractivity contribution < 1.29 is 9.90 Å². The van der Waals surface area contributed by atoms with E-state index in [1.54, 1.807) is 45.2 Å². The van der Waals surface area contributed by atoms with Crippen LogP contribution in [0.3, 0.4) is 0 Å². The van der Waals surface area contributed by atoms with Crippen molar-refractivity contribution in [2.24, 2.45) is 0 Å². The average Bonchev–Trinajstić information content (AvgIpc) is 2.38. The van der Waals surface area contributed by atoms with Crippen molar-refractivity contribution in [3.8, 4) is 0 Å². The summed E-state index contributed by atoms with van der Waals surface area (Å²) in [5.74, 6) is -0.213. The molecule has 1 rings (SSSR count). The first-order valence-electron chi connectivity index (χ1n) is 5.80. The summed E-state index contributed by atoms with van der Waals surface area (Å²) in [5.41, 5.74) is 0.0669. The largest absolute Gasteiger partial charge is 0.394 e. The third-order valence-corrected chi connectivity index (χ3v) is 3.57. The fourth-order valence-corrected chi connectivity index (χ4v) is 1.68. The van der Waals surface area contributed by atoms with Gasteiger partial charge < -0.3 is 10.0 Å². The quantitative estimate of drug-likeness (QED) is 0.867. The fraction of sp³-hybridized carbons (Fsp3) is 0.357. The van der Waals surface area contributed by atoms with Crippen LogP contribution < -0.4 is 0 Å². The molecule has 0 aliphatic carbocycles. The van der Waals surface area contributed by atoms with Crippen LogP contribution in [0.15, 0.2) is 24.3 Å². The van der Waals surface area contributed by atoms with Crippen LogP contribution in [0.2, 0.25) is 10.0 Å². The number of amides is 1. The van der Waals surface area contributed by atoms with Crippen molar-refractivity contribution in [2.75, 3.05) is 13.7 Å². The molecule has 0 unspecified atom stereocenters. The zero-order valence-electron chi connectivity index (χ0n) is 11.2. The van der Waals surface area contributed by atoms with E-state index in [2.05, 4.69) is 0 Å². The van der Waals surface area contributed by atoms with Crippen molar-refractivity contribution >= 4 is 35.2 Å². The van der Waals surface area contributed by atoms with Gasteiger partial charge in [-0.25, -0.2) is 0 Å². The first kappa shape index (κ1) is 16.0. The third kappa shape index (κ3) is 4.23. The van der Waals surface area contributed by atoms with Gasteiger partial charge >= 0.3 is 0 Å². The maximum atomic E-state index is 12.0. The fourth-order valence-electron chi connectivity index (χ4n) is 1.32. The summed E-state index contributed by atoms with van der Waals surface area (Å²) in [5, 5.41) is 10.3. The van der Waals surface area contributed by atoms with Gasteiger partial charge in [0, 0.05) is 23.2 Å². The molecule has 0 spiro atoms. The van der Waals surface area contributed by atoms with Crippen molar-refractivity contribution in [1.82, 2.24) is 4.90 Å². The molecule has 0 atom stereocenters. The molecule has 5 heteroatoms. The summed E-state index contributed by atoms with van der Waals surface area (Å²) in [4.78, 5) is 13.4. The smallest absolute Gasteiger partial charge is 0.246 e. The second-order valence-corrected chi connectivity index (χ2v) is 5.71. The van der Waals surface area contributed by atoms with Crippen LogP contribution in [0, 0.1) is 0 Å². The Hall–Kier alpha value is -1.03. The summed E-state index contributed by atoms with van der Waals surface area (Å²) >= 11 is 11.9. The number of hydrogen-bond acceptors (Lipinski definition) is 2. The number of benzene rings is 1. The average molecular weight is 302 g/mol. The van der Waals surface area contributed by atoms with Crippen molar-refractivity contribution in [2.45, 2.75) is 19.4 Å². The highest BCUT2D eigenvalue weighted by molar-refractivity contribution is 6.34. The van der Waals surface area contributed by atoms with Crippen molar-refractivity contribution in [3.05, 3.63) is 39.9 Å². The molecule has 0 saturated heterocycles. The number of halogens is 2. The Kier molecular flexibility index (Phi) is 5.41. The van der Waals surface area contributed by atoms with E-state index < -0.39 is 5.54 Å². The van der Waals surface area contributed by atoms with Gasteiger partial charge in [-0.05, 0) is 43.7 Å². The monoisotopic (exact) mass is 301 g/mol. The van der Waals surface area contributed by atoms with Gasteiger partial charge in [-0.15, -0.1) is 0 Å². The zero-order valence-corrected chi connectivity index (χ0v) is 12.7. The third-order valence-electron chi connectivity index (χ3n) is 2.99. The molecular weight excluding hydrogens is 285 g/mol. The van der Waals surface area contributed by atoms with Gasteiger partial charge in [-0.2, -0.15) is 0 Å². The minimum atomic E-state index is -0.612. The molecule has 0 bridgehead atoms. The number of nitrogens with zero attached hydrogens (tertiary/aromatic N) is 1. The van der Waals surface area contributed by atoms with E-state index in [0.717, 1.165) is 0 Å². The van der Waals surface area contributed by atoms with Gasteiger partial charge in [0.05, 0.1) is 12.1 Å². The summed E-state index contributed by atoms with van der Waals surface area (Å²) in [6.45, 7) is 3.46. The highest BCUT2D eigenvalue weighted by atomic mass is 35.5. The molecule has 1 amide bonds. The molecule has 0 saturated carbocycles. The molecule has 0 fully saturated rings. The number of likely N-dealkylation sites (N-methyl/N-ethyl adjacent to an activating group) is 1. The summed E-state index contributed by atoms with van der Waals surface area (Å²) in [6.07, 6.45) is 3.02. The van der Waals surface area contributed by atoms with E-state index in [-0.39, 0.29) is 12.5 Å². The van der Waals surface area contributed by atoms with Crippen LogP contribution in [0.25, 0.3) is 6.08 Å². The molecule has 1 aromatic carbocycles. The van der Waals surface area contributed by atoms with Crippen LogP contribution in [0.5, 0.6) is 0 Å².